The first-order chi connectivity index (χ1) is 20.0. The van der Waals surface area contributed by atoms with Gasteiger partial charge in [-0.25, -0.2) is 9.97 Å². The minimum atomic E-state index is -0.802. The summed E-state index contributed by atoms with van der Waals surface area (Å²) in [4.78, 5) is 45.8. The Hall–Kier alpha value is -4.66. The molecule has 0 spiro atoms. The normalized spacial score (nSPS) is 14.3. The first kappa shape index (κ1) is 27.9. The lowest BCUT2D eigenvalue weighted by Gasteiger charge is -2.32. The first-order valence-electron chi connectivity index (χ1n) is 13.9. The van der Waals surface area contributed by atoms with E-state index in [0.29, 0.717) is 48.9 Å². The molecule has 0 atom stereocenters. The van der Waals surface area contributed by atoms with Gasteiger partial charge in [-0.3, -0.25) is 14.6 Å². The number of carboxylic acid groups (broad SMARTS) is 1. The van der Waals surface area contributed by atoms with Gasteiger partial charge < -0.3 is 14.8 Å². The average Bonchev–Trinajstić information content (AvgIpc) is 3.02. The highest BCUT2D eigenvalue weighted by Crippen LogP contribution is 2.27. The van der Waals surface area contributed by atoms with Gasteiger partial charge in [0.1, 0.15) is 12.8 Å². The molecule has 1 saturated heterocycles. The number of carboxylic acids is 1. The number of hydrogen-bond donors (Lipinski definition) is 1. The Labute approximate surface area is 238 Å². The Morgan fingerprint density at radius 2 is 1.76 bits per heavy atom. The van der Waals surface area contributed by atoms with Crippen LogP contribution in [0, 0.1) is 5.92 Å². The fourth-order valence-corrected chi connectivity index (χ4v) is 5.28. The third-order valence-corrected chi connectivity index (χ3v) is 7.37. The van der Waals surface area contributed by atoms with E-state index in [-0.39, 0.29) is 18.2 Å². The molecule has 0 aliphatic carbocycles. The molecule has 1 N–H and O–H groups in total. The summed E-state index contributed by atoms with van der Waals surface area (Å²) in [5.41, 5.74) is 6.10. The molecule has 0 bridgehead atoms. The quantitative estimate of drug-likeness (QED) is 0.159. The number of amides is 1. The summed E-state index contributed by atoms with van der Waals surface area (Å²) in [6, 6.07) is 21.1. The number of aliphatic carboxylic acids is 1. The monoisotopic (exact) mass is 551 g/mol. The summed E-state index contributed by atoms with van der Waals surface area (Å²) >= 11 is 0. The van der Waals surface area contributed by atoms with Crippen molar-refractivity contribution in [1.82, 2.24) is 19.9 Å². The molecule has 5 rings (SSSR count). The van der Waals surface area contributed by atoms with Crippen molar-refractivity contribution in [3.63, 3.8) is 0 Å². The minimum Gasteiger partial charge on any atom is -0.481 e. The highest BCUT2D eigenvalue weighted by atomic mass is 16.6. The van der Waals surface area contributed by atoms with Crippen LogP contribution in [-0.2, 0) is 16.1 Å². The highest BCUT2D eigenvalue weighted by molar-refractivity contribution is 6.01. The number of fused-ring (bicyclic) bond motifs is 1. The molecule has 2 aromatic heterocycles. The molecule has 0 unspecified atom stereocenters. The van der Waals surface area contributed by atoms with E-state index in [1.165, 1.54) is 7.11 Å². The second-order valence-electron chi connectivity index (χ2n) is 10.1. The number of hydrogen-bond acceptors (Lipinski definition) is 7. The number of benzene rings is 2. The lowest BCUT2D eigenvalue weighted by atomic mass is 9.89. The van der Waals surface area contributed by atoms with Crippen LogP contribution < -0.4 is 0 Å². The van der Waals surface area contributed by atoms with Gasteiger partial charge in [-0.2, -0.15) is 0 Å². The molecule has 1 aliphatic rings. The van der Waals surface area contributed by atoms with Crippen LogP contribution in [0.15, 0.2) is 78.1 Å². The third kappa shape index (κ3) is 6.74. The van der Waals surface area contributed by atoms with E-state index in [0.717, 1.165) is 41.2 Å². The Morgan fingerprint density at radius 1 is 0.976 bits per heavy atom. The zero-order valence-corrected chi connectivity index (χ0v) is 23.1. The molecule has 2 aromatic carbocycles. The van der Waals surface area contributed by atoms with Crippen LogP contribution >= 0.6 is 0 Å². The summed E-state index contributed by atoms with van der Waals surface area (Å²) in [5.74, 6) is -0.689. The Bertz CT molecular complexity index is 1530. The molecule has 41 heavy (non-hydrogen) atoms. The standard InChI is InChI=1S/C32H33N5O4/c1-41-36-31(26-11-7-8-18-33-26)23-16-19-37(20-17-23)32(40)24-14-15-25-28(21-24)34-27(12-5-6-13-29(38)39)30(35-25)22-9-3-2-4-10-22/h2-4,7-11,14-15,18,21,23H,5-6,12-13,16-17,19-20H2,1H3,(H,38,39). The molecule has 3 heterocycles. The van der Waals surface area contributed by atoms with Gasteiger partial charge in [-0.15, -0.1) is 0 Å². The van der Waals surface area contributed by atoms with Crippen LogP contribution in [-0.4, -0.2) is 62.7 Å². The molecular weight excluding hydrogens is 518 g/mol. The van der Waals surface area contributed by atoms with Gasteiger partial charge in [0.15, 0.2) is 0 Å². The number of pyridine rings is 1. The maximum atomic E-state index is 13.5. The van der Waals surface area contributed by atoms with Gasteiger partial charge in [-0.1, -0.05) is 41.6 Å². The van der Waals surface area contributed by atoms with Crippen LogP contribution in [0.1, 0.15) is 53.8 Å². The van der Waals surface area contributed by atoms with E-state index in [9.17, 15) is 9.59 Å². The van der Waals surface area contributed by atoms with Crippen LogP contribution in [0.25, 0.3) is 22.3 Å². The fourth-order valence-electron chi connectivity index (χ4n) is 5.28. The van der Waals surface area contributed by atoms with E-state index in [1.54, 1.807) is 6.20 Å². The molecule has 1 aliphatic heterocycles. The number of nitrogens with zero attached hydrogens (tertiary/aromatic N) is 5. The van der Waals surface area contributed by atoms with E-state index in [2.05, 4.69) is 10.1 Å². The fraction of sp³-hybridized carbons (Fsp3) is 0.312. The molecule has 9 heteroatoms. The number of carbonyl (C=O) groups excluding carboxylic acids is 1. The number of oxime groups is 1. The number of aromatic nitrogens is 3. The van der Waals surface area contributed by atoms with E-state index in [1.807, 2.05) is 71.6 Å². The van der Waals surface area contributed by atoms with Crippen LogP contribution in [0.4, 0.5) is 0 Å². The summed E-state index contributed by atoms with van der Waals surface area (Å²) < 4.78 is 0. The lowest BCUT2D eigenvalue weighted by Crippen LogP contribution is -2.40. The number of unbranched alkanes of at least 4 members (excludes halogenated alkanes) is 1. The molecule has 210 valence electrons. The predicted octanol–water partition coefficient (Wildman–Crippen LogP) is 5.39. The van der Waals surface area contributed by atoms with Crippen LogP contribution in [0.2, 0.25) is 0 Å². The molecule has 1 fully saturated rings. The summed E-state index contributed by atoms with van der Waals surface area (Å²) in [6.07, 6.45) is 5.25. The predicted molar refractivity (Wildman–Crippen MR) is 157 cm³/mol. The number of piperidine rings is 1. The van der Waals surface area contributed by atoms with E-state index < -0.39 is 5.97 Å². The molecule has 0 radical (unpaired) electrons. The van der Waals surface area contributed by atoms with Gasteiger partial charge in [0.25, 0.3) is 5.91 Å². The topological polar surface area (TPSA) is 118 Å². The summed E-state index contributed by atoms with van der Waals surface area (Å²) in [5, 5.41) is 13.3. The molecule has 4 aromatic rings. The first-order valence-corrected chi connectivity index (χ1v) is 13.9. The molecule has 1 amide bonds. The smallest absolute Gasteiger partial charge is 0.303 e. The average molecular weight is 552 g/mol. The van der Waals surface area contributed by atoms with E-state index in [4.69, 9.17) is 19.9 Å². The Balaban J connectivity index is 1.34. The summed E-state index contributed by atoms with van der Waals surface area (Å²) in [6.45, 7) is 1.20. The summed E-state index contributed by atoms with van der Waals surface area (Å²) in [7, 11) is 1.54. The van der Waals surface area contributed by atoms with Crippen LogP contribution in [0.3, 0.4) is 0 Å². The van der Waals surface area contributed by atoms with Gasteiger partial charge in [0.05, 0.1) is 28.1 Å². The number of likely N-dealkylation sites (tertiary alicyclic amines) is 1. The second kappa shape index (κ2) is 13.1. The second-order valence-corrected chi connectivity index (χ2v) is 10.1. The van der Waals surface area contributed by atoms with Crippen LogP contribution in [0.5, 0.6) is 0 Å². The third-order valence-electron chi connectivity index (χ3n) is 7.37. The van der Waals surface area contributed by atoms with Gasteiger partial charge in [0, 0.05) is 42.8 Å². The zero-order chi connectivity index (χ0) is 28.6. The largest absolute Gasteiger partial charge is 0.481 e. The highest BCUT2D eigenvalue weighted by Gasteiger charge is 2.28. The van der Waals surface area contributed by atoms with Crippen molar-refractivity contribution >= 4 is 28.6 Å². The maximum absolute atomic E-state index is 13.5. The Kier molecular flexibility index (Phi) is 8.93. The SMILES string of the molecule is CON=C(c1ccccn1)C1CCN(C(=O)c2ccc3nc(-c4ccccc4)c(CCCCC(=O)O)nc3c2)CC1. The van der Waals surface area contributed by atoms with Gasteiger partial charge >= 0.3 is 5.97 Å². The van der Waals surface area contributed by atoms with Crippen molar-refractivity contribution in [2.24, 2.45) is 11.1 Å². The van der Waals surface area contributed by atoms with Crippen molar-refractivity contribution in [1.29, 1.82) is 0 Å². The van der Waals surface area contributed by atoms with Crippen molar-refractivity contribution in [3.05, 3.63) is 89.9 Å². The van der Waals surface area contributed by atoms with Crippen molar-refractivity contribution < 1.29 is 19.5 Å². The van der Waals surface area contributed by atoms with Crippen molar-refractivity contribution in [2.45, 2.75) is 38.5 Å². The maximum Gasteiger partial charge on any atom is 0.303 e. The van der Waals surface area contributed by atoms with Crippen molar-refractivity contribution in [3.8, 4) is 11.3 Å². The van der Waals surface area contributed by atoms with Gasteiger partial charge in [0.2, 0.25) is 0 Å². The minimum absolute atomic E-state index is 0.0367. The number of rotatable bonds is 10. The molecule has 0 saturated carbocycles. The van der Waals surface area contributed by atoms with Gasteiger partial charge in [-0.05, 0) is 62.4 Å². The van der Waals surface area contributed by atoms with Crippen molar-refractivity contribution in [2.75, 3.05) is 20.2 Å². The molecular formula is C32H33N5O4. The Morgan fingerprint density at radius 3 is 2.46 bits per heavy atom. The zero-order valence-electron chi connectivity index (χ0n) is 23.1. The number of aryl methyl sites for hydroxylation is 1. The lowest BCUT2D eigenvalue weighted by molar-refractivity contribution is -0.137. The molecule has 9 nitrogen and oxygen atoms in total. The number of carbonyl (C=O) groups is 2. The van der Waals surface area contributed by atoms with E-state index >= 15 is 0 Å².